The first-order valence-corrected chi connectivity index (χ1v) is 7.54. The average molecular weight is 282 g/mol. The molecule has 0 saturated carbocycles. The van der Waals surface area contributed by atoms with Crippen LogP contribution < -0.4 is 0 Å². The number of carbonyl (C=O) groups excluding carboxylic acids is 1. The standard InChI is InChI=1S/C15H26N2O3/c1-10-8-11(2)17(9-10)14(20)16-7-5-6-15(3,4)12(16)13(18)19/h10-12H,5-9H2,1-4H3,(H,18,19). The molecule has 2 heterocycles. The van der Waals surface area contributed by atoms with Crippen LogP contribution in [0.15, 0.2) is 0 Å². The van der Waals surface area contributed by atoms with E-state index in [0.29, 0.717) is 12.5 Å². The van der Waals surface area contributed by atoms with E-state index in [-0.39, 0.29) is 17.5 Å². The van der Waals surface area contributed by atoms with Gasteiger partial charge in [-0.3, -0.25) is 0 Å². The predicted molar refractivity (Wildman–Crippen MR) is 76.5 cm³/mol. The molecule has 5 heteroatoms. The normalized spacial score (nSPS) is 33.3. The fourth-order valence-corrected chi connectivity index (χ4v) is 3.80. The summed E-state index contributed by atoms with van der Waals surface area (Å²) in [5.74, 6) is -0.391. The second-order valence-corrected chi connectivity index (χ2v) is 7.15. The summed E-state index contributed by atoms with van der Waals surface area (Å²) < 4.78 is 0. The van der Waals surface area contributed by atoms with Gasteiger partial charge < -0.3 is 14.9 Å². The van der Waals surface area contributed by atoms with Crippen molar-refractivity contribution in [1.29, 1.82) is 0 Å². The van der Waals surface area contributed by atoms with Crippen LogP contribution in [0.5, 0.6) is 0 Å². The van der Waals surface area contributed by atoms with Crippen LogP contribution in [-0.4, -0.2) is 52.1 Å². The number of hydrogen-bond acceptors (Lipinski definition) is 2. The lowest BCUT2D eigenvalue weighted by Gasteiger charge is -2.45. The van der Waals surface area contributed by atoms with Crippen molar-refractivity contribution < 1.29 is 14.7 Å². The molecular weight excluding hydrogens is 256 g/mol. The number of carbonyl (C=O) groups is 2. The Balaban J connectivity index is 2.21. The van der Waals surface area contributed by atoms with E-state index < -0.39 is 12.0 Å². The van der Waals surface area contributed by atoms with Crippen LogP contribution >= 0.6 is 0 Å². The molecule has 0 bridgehead atoms. The Labute approximate surface area is 120 Å². The molecule has 0 aromatic carbocycles. The Kier molecular flexibility index (Phi) is 3.98. The van der Waals surface area contributed by atoms with Crippen LogP contribution in [0.25, 0.3) is 0 Å². The number of piperidine rings is 1. The largest absolute Gasteiger partial charge is 0.480 e. The van der Waals surface area contributed by atoms with E-state index in [2.05, 4.69) is 6.92 Å². The second-order valence-electron chi connectivity index (χ2n) is 7.15. The zero-order valence-electron chi connectivity index (χ0n) is 12.9. The summed E-state index contributed by atoms with van der Waals surface area (Å²) in [5, 5.41) is 9.54. The van der Waals surface area contributed by atoms with Gasteiger partial charge in [-0.25, -0.2) is 9.59 Å². The molecule has 0 spiro atoms. The van der Waals surface area contributed by atoms with Gasteiger partial charge >= 0.3 is 12.0 Å². The Bertz CT molecular complexity index is 408. The van der Waals surface area contributed by atoms with E-state index in [1.165, 1.54) is 0 Å². The maximum Gasteiger partial charge on any atom is 0.327 e. The molecule has 2 aliphatic rings. The quantitative estimate of drug-likeness (QED) is 0.803. The lowest BCUT2D eigenvalue weighted by Crippen LogP contribution is -2.59. The third kappa shape index (κ3) is 2.63. The van der Waals surface area contributed by atoms with Crippen LogP contribution in [0.3, 0.4) is 0 Å². The number of carboxylic acid groups (broad SMARTS) is 1. The summed E-state index contributed by atoms with van der Waals surface area (Å²) in [6, 6.07) is -0.606. The second kappa shape index (κ2) is 5.26. The number of rotatable bonds is 1. The Morgan fingerprint density at radius 1 is 1.20 bits per heavy atom. The van der Waals surface area contributed by atoms with Gasteiger partial charge in [0.25, 0.3) is 0 Å². The monoisotopic (exact) mass is 282 g/mol. The van der Waals surface area contributed by atoms with Crippen molar-refractivity contribution in [3.05, 3.63) is 0 Å². The van der Waals surface area contributed by atoms with E-state index in [1.807, 2.05) is 25.7 Å². The molecule has 1 N–H and O–H groups in total. The molecule has 0 aromatic rings. The minimum atomic E-state index is -0.886. The molecule has 0 radical (unpaired) electrons. The summed E-state index contributed by atoms with van der Waals surface area (Å²) in [4.78, 5) is 27.8. The number of nitrogens with zero attached hydrogens (tertiary/aromatic N) is 2. The van der Waals surface area contributed by atoms with Crippen molar-refractivity contribution in [2.24, 2.45) is 11.3 Å². The third-order valence-corrected chi connectivity index (χ3v) is 4.78. The first-order chi connectivity index (χ1) is 9.24. The molecular formula is C15H26N2O3. The predicted octanol–water partition coefficient (Wildman–Crippen LogP) is 2.41. The zero-order valence-corrected chi connectivity index (χ0v) is 12.9. The smallest absolute Gasteiger partial charge is 0.327 e. The maximum atomic E-state index is 12.7. The van der Waals surface area contributed by atoms with E-state index in [0.717, 1.165) is 25.8 Å². The summed E-state index contributed by atoms with van der Waals surface area (Å²) in [6.07, 6.45) is 2.72. The number of carboxylic acids is 1. The molecule has 2 saturated heterocycles. The highest BCUT2D eigenvalue weighted by molar-refractivity contribution is 5.84. The van der Waals surface area contributed by atoms with Gasteiger partial charge in [-0.15, -0.1) is 0 Å². The zero-order chi connectivity index (χ0) is 15.1. The Morgan fingerprint density at radius 3 is 2.35 bits per heavy atom. The summed E-state index contributed by atoms with van der Waals surface area (Å²) in [6.45, 7) is 9.37. The number of aliphatic carboxylic acids is 1. The molecule has 2 aliphatic heterocycles. The summed E-state index contributed by atoms with van der Waals surface area (Å²) in [7, 11) is 0. The van der Waals surface area contributed by atoms with E-state index in [9.17, 15) is 14.7 Å². The summed E-state index contributed by atoms with van der Waals surface area (Å²) >= 11 is 0. The molecule has 114 valence electrons. The van der Waals surface area contributed by atoms with Crippen molar-refractivity contribution >= 4 is 12.0 Å². The van der Waals surface area contributed by atoms with Crippen LogP contribution in [0.4, 0.5) is 4.79 Å². The summed E-state index contributed by atoms with van der Waals surface area (Å²) in [5.41, 5.74) is -0.367. The van der Waals surface area contributed by atoms with E-state index in [4.69, 9.17) is 0 Å². The topological polar surface area (TPSA) is 60.9 Å². The molecule has 3 atom stereocenters. The molecule has 20 heavy (non-hydrogen) atoms. The van der Waals surface area contributed by atoms with Crippen molar-refractivity contribution in [2.45, 2.75) is 59.0 Å². The van der Waals surface area contributed by atoms with Crippen molar-refractivity contribution in [3.63, 3.8) is 0 Å². The Morgan fingerprint density at radius 2 is 1.85 bits per heavy atom. The van der Waals surface area contributed by atoms with Gasteiger partial charge in [0.2, 0.25) is 0 Å². The van der Waals surface area contributed by atoms with Crippen LogP contribution in [0, 0.1) is 11.3 Å². The van der Waals surface area contributed by atoms with Gasteiger partial charge in [0.15, 0.2) is 0 Å². The lowest BCUT2D eigenvalue weighted by atomic mass is 9.76. The third-order valence-electron chi connectivity index (χ3n) is 4.78. The first kappa shape index (κ1) is 15.1. The van der Waals surface area contributed by atoms with Crippen LogP contribution in [-0.2, 0) is 4.79 Å². The Hall–Kier alpha value is -1.26. The highest BCUT2D eigenvalue weighted by Crippen LogP contribution is 2.36. The molecule has 0 aliphatic carbocycles. The minimum Gasteiger partial charge on any atom is -0.480 e. The maximum absolute atomic E-state index is 12.7. The molecule has 0 aromatic heterocycles. The number of hydrogen-bond donors (Lipinski definition) is 1. The van der Waals surface area contributed by atoms with Crippen molar-refractivity contribution in [3.8, 4) is 0 Å². The van der Waals surface area contributed by atoms with Crippen LogP contribution in [0.1, 0.15) is 47.0 Å². The fourth-order valence-electron chi connectivity index (χ4n) is 3.80. The highest BCUT2D eigenvalue weighted by atomic mass is 16.4. The minimum absolute atomic E-state index is 0.0953. The highest BCUT2D eigenvalue weighted by Gasteiger charge is 2.46. The van der Waals surface area contributed by atoms with E-state index >= 15 is 0 Å². The number of likely N-dealkylation sites (tertiary alicyclic amines) is 2. The van der Waals surface area contributed by atoms with Gasteiger partial charge in [0.05, 0.1) is 0 Å². The van der Waals surface area contributed by atoms with Gasteiger partial charge in [-0.2, -0.15) is 0 Å². The van der Waals surface area contributed by atoms with Gasteiger partial charge in [0.1, 0.15) is 6.04 Å². The van der Waals surface area contributed by atoms with Crippen molar-refractivity contribution in [1.82, 2.24) is 9.80 Å². The fraction of sp³-hybridized carbons (Fsp3) is 0.867. The van der Waals surface area contributed by atoms with E-state index in [1.54, 1.807) is 4.90 Å². The van der Waals surface area contributed by atoms with Gasteiger partial charge in [0, 0.05) is 19.1 Å². The van der Waals surface area contributed by atoms with Crippen LogP contribution in [0.2, 0.25) is 0 Å². The number of amides is 2. The number of urea groups is 1. The SMILES string of the molecule is CC1CC(C)N(C(=O)N2CCCC(C)(C)C2C(=O)O)C1. The molecule has 2 rings (SSSR count). The first-order valence-electron chi connectivity index (χ1n) is 7.54. The molecule has 3 unspecified atom stereocenters. The average Bonchev–Trinajstić information content (AvgIpc) is 2.65. The van der Waals surface area contributed by atoms with Gasteiger partial charge in [-0.05, 0) is 37.5 Å². The van der Waals surface area contributed by atoms with Crippen molar-refractivity contribution in [2.75, 3.05) is 13.1 Å². The molecule has 5 nitrogen and oxygen atoms in total. The molecule has 2 fully saturated rings. The lowest BCUT2D eigenvalue weighted by molar-refractivity contribution is -0.148. The molecule has 2 amide bonds. The van der Waals surface area contributed by atoms with Gasteiger partial charge in [-0.1, -0.05) is 20.8 Å².